The molecule has 2 heteroatoms. The van der Waals surface area contributed by atoms with Crippen molar-refractivity contribution in [2.24, 2.45) is 0 Å². The average molecular weight is 266 g/mol. The van der Waals surface area contributed by atoms with Crippen LogP contribution in [0.5, 0.6) is 0 Å². The zero-order valence-electron chi connectivity index (χ0n) is 11.8. The average Bonchev–Trinajstić information content (AvgIpc) is 2.43. The minimum atomic E-state index is -1.08. The molecule has 0 amide bonds. The highest BCUT2D eigenvalue weighted by Gasteiger charge is 1.85. The first-order valence-electron chi connectivity index (χ1n) is 6.66. The molecule has 0 spiro atoms. The third kappa shape index (κ3) is 15.4. The van der Waals surface area contributed by atoms with Gasteiger partial charge < -0.3 is 5.11 Å². The molecule has 0 bridgehead atoms. The lowest BCUT2D eigenvalue weighted by Crippen LogP contribution is -1.82. The van der Waals surface area contributed by atoms with Gasteiger partial charge in [-0.1, -0.05) is 44.1 Å². The Hall–Kier alpha value is -2.55. The van der Waals surface area contributed by atoms with Gasteiger partial charge in [0.15, 0.2) is 0 Å². The van der Waals surface area contributed by atoms with Crippen molar-refractivity contribution in [1.82, 2.24) is 0 Å². The Bertz CT molecular complexity index is 602. The number of unbranched alkanes of at least 4 members (excludes halogenated alkanes) is 5. The number of hydrogen-bond donors (Lipinski definition) is 1. The van der Waals surface area contributed by atoms with Crippen LogP contribution in [0.1, 0.15) is 45.4 Å². The number of rotatable bonds is 7. The number of hydrogen-bond acceptors (Lipinski definition) is 1. The molecule has 0 aromatic rings. The highest BCUT2D eigenvalue weighted by molar-refractivity contribution is 5.79. The Morgan fingerprint density at radius 2 is 1.50 bits per heavy atom. The van der Waals surface area contributed by atoms with Crippen LogP contribution in [-0.2, 0) is 4.79 Å². The molecule has 102 valence electrons. The van der Waals surface area contributed by atoms with E-state index in [2.05, 4.69) is 52.8 Å². The van der Waals surface area contributed by atoms with Gasteiger partial charge in [-0.2, -0.15) is 0 Å². The summed E-state index contributed by atoms with van der Waals surface area (Å²) in [5.41, 5.74) is 20.1. The van der Waals surface area contributed by atoms with Crippen molar-refractivity contribution in [2.75, 3.05) is 0 Å². The summed E-state index contributed by atoms with van der Waals surface area (Å²) < 4.78 is 0. The summed E-state index contributed by atoms with van der Waals surface area (Å²) in [4.78, 5) is 10.1. The quantitative estimate of drug-likeness (QED) is 0.425. The van der Waals surface area contributed by atoms with Crippen LogP contribution in [0, 0.1) is 0 Å². The lowest BCUT2D eigenvalue weighted by molar-refractivity contribution is -0.131. The van der Waals surface area contributed by atoms with Crippen molar-refractivity contribution in [3.63, 3.8) is 0 Å². The summed E-state index contributed by atoms with van der Waals surface area (Å²) in [6.45, 7) is 2.20. The predicted octanol–water partition coefficient (Wildman–Crippen LogP) is 4.23. The van der Waals surface area contributed by atoms with Gasteiger partial charge in [0.2, 0.25) is 0 Å². The van der Waals surface area contributed by atoms with Crippen LogP contribution in [0.3, 0.4) is 0 Å². The Morgan fingerprint density at radius 1 is 0.900 bits per heavy atom. The monoisotopic (exact) mass is 266 g/mol. The highest BCUT2D eigenvalue weighted by atomic mass is 16.4. The molecule has 0 saturated carbocycles. The lowest BCUT2D eigenvalue weighted by atomic mass is 10.1. The fraction of sp³-hybridized carbons (Fsp3) is 0.389. The maximum atomic E-state index is 10.1. The fourth-order valence-corrected chi connectivity index (χ4v) is 1.27. The third-order valence-electron chi connectivity index (χ3n) is 2.21. The standard InChI is InChI=1S/C18H18O2/c1-2-3-4-5-6-7-8-9-10-11-12-13-14-15-16-17-18(19)20/h8,17H,2-7H2,1H3,(H,19,20). The molecule has 0 radical (unpaired) electrons. The van der Waals surface area contributed by atoms with E-state index in [1.54, 1.807) is 0 Å². The molecule has 0 heterocycles. The van der Waals surface area contributed by atoms with Gasteiger partial charge >= 0.3 is 5.97 Å². The van der Waals surface area contributed by atoms with Gasteiger partial charge in [-0.05, 0) is 53.3 Å². The summed E-state index contributed by atoms with van der Waals surface area (Å²) >= 11 is 0. The van der Waals surface area contributed by atoms with Crippen molar-refractivity contribution in [1.29, 1.82) is 0 Å². The van der Waals surface area contributed by atoms with E-state index in [4.69, 9.17) is 5.11 Å². The van der Waals surface area contributed by atoms with Gasteiger partial charge in [-0.15, -0.1) is 0 Å². The van der Waals surface area contributed by atoms with E-state index >= 15 is 0 Å². The summed E-state index contributed by atoms with van der Waals surface area (Å²) in [6.07, 6.45) is 10.1. The summed E-state index contributed by atoms with van der Waals surface area (Å²) in [5.74, 6) is -1.08. The van der Waals surface area contributed by atoms with Crippen LogP contribution in [-0.4, -0.2) is 11.1 Å². The van der Waals surface area contributed by atoms with Crippen molar-refractivity contribution in [3.05, 3.63) is 58.0 Å². The Morgan fingerprint density at radius 3 is 2.15 bits per heavy atom. The first kappa shape index (κ1) is 17.4. The van der Waals surface area contributed by atoms with E-state index in [0.717, 1.165) is 12.5 Å². The van der Waals surface area contributed by atoms with Crippen molar-refractivity contribution in [2.45, 2.75) is 45.4 Å². The molecule has 0 aromatic carbocycles. The minimum absolute atomic E-state index is 0.831. The Kier molecular flexibility index (Phi) is 12.7. The predicted molar refractivity (Wildman–Crippen MR) is 78.3 cm³/mol. The van der Waals surface area contributed by atoms with Crippen LogP contribution in [0.25, 0.3) is 0 Å². The molecular formula is C18H18O2. The van der Waals surface area contributed by atoms with Crippen molar-refractivity contribution >= 4 is 5.97 Å². The number of aliphatic carboxylic acids is 1. The molecule has 0 aliphatic heterocycles. The van der Waals surface area contributed by atoms with Crippen LogP contribution < -0.4 is 0 Å². The zero-order chi connectivity index (χ0) is 14.9. The van der Waals surface area contributed by atoms with E-state index in [1.165, 1.54) is 32.1 Å². The van der Waals surface area contributed by atoms with Gasteiger partial charge in [0.25, 0.3) is 0 Å². The van der Waals surface area contributed by atoms with Crippen LogP contribution in [0.4, 0.5) is 0 Å². The van der Waals surface area contributed by atoms with Gasteiger partial charge in [-0.25, -0.2) is 4.79 Å². The summed E-state index contributed by atoms with van der Waals surface area (Å²) in [5, 5.41) is 8.26. The van der Waals surface area contributed by atoms with Crippen LogP contribution in [0.15, 0.2) is 58.0 Å². The second kappa shape index (κ2) is 14.5. The molecule has 1 N–H and O–H groups in total. The minimum Gasteiger partial charge on any atom is -0.478 e. The zero-order valence-corrected chi connectivity index (χ0v) is 11.8. The number of carboxylic acid groups (broad SMARTS) is 1. The molecule has 0 aliphatic rings. The third-order valence-corrected chi connectivity index (χ3v) is 2.21. The number of carbonyl (C=O) groups is 1. The molecule has 0 unspecified atom stereocenters. The van der Waals surface area contributed by atoms with Crippen LogP contribution in [0.2, 0.25) is 0 Å². The molecule has 0 aromatic heterocycles. The number of allylic oxidation sites excluding steroid dienone is 1. The van der Waals surface area contributed by atoms with Gasteiger partial charge in [0, 0.05) is 0 Å². The van der Waals surface area contributed by atoms with Crippen molar-refractivity contribution < 1.29 is 9.90 Å². The maximum absolute atomic E-state index is 10.1. The molecule has 0 fully saturated rings. The van der Waals surface area contributed by atoms with Gasteiger partial charge in [0.05, 0.1) is 6.08 Å². The molecule has 20 heavy (non-hydrogen) atoms. The SMILES string of the molecule is CCCCCCCC=C=C=C=C=C=C=C=C=CC(=O)O. The molecule has 0 saturated heterocycles. The van der Waals surface area contributed by atoms with Gasteiger partial charge in [-0.3, -0.25) is 0 Å². The van der Waals surface area contributed by atoms with E-state index < -0.39 is 5.97 Å². The van der Waals surface area contributed by atoms with E-state index in [0.29, 0.717) is 0 Å². The molecule has 0 atom stereocenters. The number of carboxylic acids is 1. The first-order valence-corrected chi connectivity index (χ1v) is 6.66. The second-order valence-corrected chi connectivity index (χ2v) is 3.93. The lowest BCUT2D eigenvalue weighted by Gasteiger charge is -1.94. The van der Waals surface area contributed by atoms with Gasteiger partial charge in [0.1, 0.15) is 0 Å². The highest BCUT2D eigenvalue weighted by Crippen LogP contribution is 2.04. The van der Waals surface area contributed by atoms with E-state index in [-0.39, 0.29) is 0 Å². The molecule has 2 nitrogen and oxygen atoms in total. The normalized spacial score (nSPS) is 7.25. The van der Waals surface area contributed by atoms with E-state index in [9.17, 15) is 4.79 Å². The topological polar surface area (TPSA) is 37.3 Å². The van der Waals surface area contributed by atoms with Crippen LogP contribution >= 0.6 is 0 Å². The first-order chi connectivity index (χ1) is 9.77. The second-order valence-electron chi connectivity index (χ2n) is 3.93. The smallest absolute Gasteiger partial charge is 0.336 e. The summed E-state index contributed by atoms with van der Waals surface area (Å²) in [6, 6.07) is 0. The van der Waals surface area contributed by atoms with E-state index in [1.807, 2.05) is 6.08 Å². The molecule has 0 rings (SSSR count). The Balaban J connectivity index is 4.36. The molecule has 0 aliphatic carbocycles. The molecular weight excluding hydrogens is 248 g/mol. The van der Waals surface area contributed by atoms with Crippen molar-refractivity contribution in [3.8, 4) is 0 Å². The largest absolute Gasteiger partial charge is 0.478 e. The summed E-state index contributed by atoms with van der Waals surface area (Å²) in [7, 11) is 0. The fourth-order valence-electron chi connectivity index (χ4n) is 1.27. The Labute approximate surface area is 120 Å². The maximum Gasteiger partial charge on any atom is 0.336 e.